The lowest BCUT2D eigenvalue weighted by molar-refractivity contribution is 0.0954. The molecular formula is C25H19BrN2O2. The molecule has 0 aliphatic heterocycles. The topological polar surface area (TPSA) is 50.7 Å². The Bertz CT molecular complexity index is 1200. The number of hydrogen-bond donors (Lipinski definition) is 1. The fraction of sp³-hybridized carbons (Fsp3) is 0.0400. The van der Waals surface area contributed by atoms with Crippen LogP contribution in [0.3, 0.4) is 0 Å². The normalized spacial score (nSPS) is 11.0. The molecule has 1 N–H and O–H groups in total. The smallest absolute Gasteiger partial charge is 0.272 e. The standard InChI is InChI=1S/C25H19BrN2O2/c26-24-11-4-3-10-23(24)25(29)28-27-16-18-12-14-21(15-13-18)30-17-20-8-5-7-19-6-1-2-9-22(19)20/h1-16H,17H2,(H,28,29)/b27-16+. The zero-order chi connectivity index (χ0) is 20.8. The molecule has 0 aliphatic carbocycles. The molecule has 0 saturated heterocycles. The Morgan fingerprint density at radius 1 is 0.900 bits per heavy atom. The van der Waals surface area contributed by atoms with Crippen LogP contribution in [0.25, 0.3) is 10.8 Å². The Balaban J connectivity index is 1.35. The summed E-state index contributed by atoms with van der Waals surface area (Å²) in [5.41, 5.74) is 5.08. The van der Waals surface area contributed by atoms with Crippen molar-refractivity contribution in [1.82, 2.24) is 5.43 Å². The van der Waals surface area contributed by atoms with Crippen LogP contribution in [0.4, 0.5) is 0 Å². The van der Waals surface area contributed by atoms with E-state index >= 15 is 0 Å². The molecule has 0 bridgehead atoms. The molecule has 0 aliphatic rings. The minimum absolute atomic E-state index is 0.270. The van der Waals surface area contributed by atoms with Gasteiger partial charge in [0.05, 0.1) is 11.8 Å². The Morgan fingerprint density at radius 2 is 1.63 bits per heavy atom. The maximum absolute atomic E-state index is 12.1. The first kappa shape index (κ1) is 19.9. The summed E-state index contributed by atoms with van der Waals surface area (Å²) in [7, 11) is 0. The number of hydrogen-bond acceptors (Lipinski definition) is 3. The fourth-order valence-electron chi connectivity index (χ4n) is 3.10. The number of halogens is 1. The van der Waals surface area contributed by atoms with Crippen molar-refractivity contribution in [3.63, 3.8) is 0 Å². The summed E-state index contributed by atoms with van der Waals surface area (Å²) in [5.74, 6) is 0.506. The highest BCUT2D eigenvalue weighted by Gasteiger charge is 2.07. The monoisotopic (exact) mass is 458 g/mol. The lowest BCUT2D eigenvalue weighted by Crippen LogP contribution is -2.18. The maximum atomic E-state index is 12.1. The third-order valence-electron chi connectivity index (χ3n) is 4.65. The van der Waals surface area contributed by atoms with E-state index in [1.165, 1.54) is 10.8 Å². The zero-order valence-electron chi connectivity index (χ0n) is 16.1. The summed E-state index contributed by atoms with van der Waals surface area (Å²) in [5, 5.41) is 6.43. The van der Waals surface area contributed by atoms with Gasteiger partial charge in [0.2, 0.25) is 0 Å². The molecule has 4 nitrogen and oxygen atoms in total. The fourth-order valence-corrected chi connectivity index (χ4v) is 3.57. The first-order valence-corrected chi connectivity index (χ1v) is 10.3. The number of hydrazone groups is 1. The molecule has 0 aromatic heterocycles. The van der Waals surface area contributed by atoms with Gasteiger partial charge in [-0.15, -0.1) is 0 Å². The molecule has 0 atom stereocenters. The van der Waals surface area contributed by atoms with Crippen LogP contribution in [0.2, 0.25) is 0 Å². The molecule has 0 heterocycles. The maximum Gasteiger partial charge on any atom is 0.272 e. The van der Waals surface area contributed by atoms with E-state index in [2.05, 4.69) is 50.7 Å². The number of rotatable bonds is 6. The second-order valence-corrected chi connectivity index (χ2v) is 7.53. The molecule has 0 unspecified atom stereocenters. The van der Waals surface area contributed by atoms with Crippen molar-refractivity contribution >= 4 is 38.8 Å². The molecule has 4 rings (SSSR count). The molecule has 0 radical (unpaired) electrons. The molecule has 4 aromatic carbocycles. The number of carbonyl (C=O) groups excluding carboxylic acids is 1. The SMILES string of the molecule is O=C(N/N=C/c1ccc(OCc2cccc3ccccc23)cc1)c1ccccc1Br. The van der Waals surface area contributed by atoms with Gasteiger partial charge in [0.15, 0.2) is 0 Å². The van der Waals surface area contributed by atoms with Crippen molar-refractivity contribution in [3.8, 4) is 5.75 Å². The Morgan fingerprint density at radius 3 is 2.47 bits per heavy atom. The Hall–Kier alpha value is -3.44. The molecular weight excluding hydrogens is 440 g/mol. The average molecular weight is 459 g/mol. The number of fused-ring (bicyclic) bond motifs is 1. The third kappa shape index (κ3) is 4.75. The number of amides is 1. The van der Waals surface area contributed by atoms with Gasteiger partial charge < -0.3 is 4.74 Å². The van der Waals surface area contributed by atoms with Gasteiger partial charge in [-0.3, -0.25) is 4.79 Å². The van der Waals surface area contributed by atoms with Crippen LogP contribution in [-0.4, -0.2) is 12.1 Å². The number of ether oxygens (including phenoxy) is 1. The first-order valence-electron chi connectivity index (χ1n) is 9.48. The lowest BCUT2D eigenvalue weighted by Gasteiger charge is -2.09. The van der Waals surface area contributed by atoms with Crippen LogP contribution in [0.1, 0.15) is 21.5 Å². The molecule has 1 amide bonds. The number of nitrogens with zero attached hydrogens (tertiary/aromatic N) is 1. The van der Waals surface area contributed by atoms with E-state index in [-0.39, 0.29) is 5.91 Å². The predicted octanol–water partition coefficient (Wildman–Crippen LogP) is 5.95. The number of nitrogens with one attached hydrogen (secondary N) is 1. The van der Waals surface area contributed by atoms with Crippen molar-refractivity contribution in [2.75, 3.05) is 0 Å². The van der Waals surface area contributed by atoms with Crippen molar-refractivity contribution < 1.29 is 9.53 Å². The van der Waals surface area contributed by atoms with E-state index in [1.807, 2.05) is 54.6 Å². The summed E-state index contributed by atoms with van der Waals surface area (Å²) < 4.78 is 6.68. The quantitative estimate of drug-likeness (QED) is 0.286. The van der Waals surface area contributed by atoms with Gasteiger partial charge in [-0.25, -0.2) is 5.43 Å². The zero-order valence-corrected chi connectivity index (χ0v) is 17.7. The van der Waals surface area contributed by atoms with Crippen molar-refractivity contribution in [2.24, 2.45) is 5.10 Å². The number of carbonyl (C=O) groups is 1. The van der Waals surface area contributed by atoms with E-state index < -0.39 is 0 Å². The van der Waals surface area contributed by atoms with Gasteiger partial charge in [0.25, 0.3) is 5.91 Å². The van der Waals surface area contributed by atoms with Gasteiger partial charge in [-0.05, 0) is 74.2 Å². The van der Waals surface area contributed by atoms with Gasteiger partial charge in [-0.1, -0.05) is 54.6 Å². The number of benzene rings is 4. The van der Waals surface area contributed by atoms with E-state index in [0.717, 1.165) is 21.3 Å². The van der Waals surface area contributed by atoms with Gasteiger partial charge in [0, 0.05) is 4.47 Å². The lowest BCUT2D eigenvalue weighted by atomic mass is 10.1. The van der Waals surface area contributed by atoms with E-state index in [0.29, 0.717) is 12.2 Å². The predicted molar refractivity (Wildman–Crippen MR) is 124 cm³/mol. The summed E-state index contributed by atoms with van der Waals surface area (Å²) in [4.78, 5) is 12.1. The minimum atomic E-state index is -0.270. The van der Waals surface area contributed by atoms with Crippen LogP contribution in [0, 0.1) is 0 Å². The summed E-state index contributed by atoms with van der Waals surface area (Å²) in [6.07, 6.45) is 1.60. The van der Waals surface area contributed by atoms with Crippen LogP contribution in [0.5, 0.6) is 5.75 Å². The van der Waals surface area contributed by atoms with Crippen LogP contribution >= 0.6 is 15.9 Å². The van der Waals surface area contributed by atoms with Crippen LogP contribution in [0.15, 0.2) is 101 Å². The van der Waals surface area contributed by atoms with Gasteiger partial charge in [0.1, 0.15) is 12.4 Å². The second-order valence-electron chi connectivity index (χ2n) is 6.67. The van der Waals surface area contributed by atoms with Gasteiger partial charge in [-0.2, -0.15) is 5.10 Å². The average Bonchev–Trinajstić information content (AvgIpc) is 2.79. The molecule has 0 spiro atoms. The van der Waals surface area contributed by atoms with Crippen LogP contribution in [-0.2, 0) is 6.61 Å². The van der Waals surface area contributed by atoms with Gasteiger partial charge >= 0.3 is 0 Å². The van der Waals surface area contributed by atoms with E-state index in [9.17, 15) is 4.79 Å². The van der Waals surface area contributed by atoms with Crippen molar-refractivity contribution in [3.05, 3.63) is 112 Å². The minimum Gasteiger partial charge on any atom is -0.489 e. The largest absolute Gasteiger partial charge is 0.489 e. The van der Waals surface area contributed by atoms with Crippen molar-refractivity contribution in [1.29, 1.82) is 0 Å². The highest BCUT2D eigenvalue weighted by atomic mass is 79.9. The first-order chi connectivity index (χ1) is 14.7. The second kappa shape index (κ2) is 9.37. The molecule has 0 saturated carbocycles. The van der Waals surface area contributed by atoms with E-state index in [4.69, 9.17) is 4.74 Å². The van der Waals surface area contributed by atoms with Crippen molar-refractivity contribution in [2.45, 2.75) is 6.61 Å². The summed E-state index contributed by atoms with van der Waals surface area (Å²) in [6.45, 7) is 0.497. The molecule has 4 aromatic rings. The van der Waals surface area contributed by atoms with Crippen LogP contribution < -0.4 is 10.2 Å². The molecule has 0 fully saturated rings. The summed E-state index contributed by atoms with van der Waals surface area (Å²) in [6, 6.07) is 29.3. The Labute approximate surface area is 183 Å². The third-order valence-corrected chi connectivity index (χ3v) is 5.34. The molecule has 148 valence electrons. The molecule has 30 heavy (non-hydrogen) atoms. The Kier molecular flexibility index (Phi) is 6.20. The highest BCUT2D eigenvalue weighted by Crippen LogP contribution is 2.21. The van der Waals surface area contributed by atoms with E-state index in [1.54, 1.807) is 18.3 Å². The highest BCUT2D eigenvalue weighted by molar-refractivity contribution is 9.10. The molecule has 5 heteroatoms. The summed E-state index contributed by atoms with van der Waals surface area (Å²) >= 11 is 3.36.